The summed E-state index contributed by atoms with van der Waals surface area (Å²) >= 11 is 2.61. The Bertz CT molecular complexity index is 1330. The average molecular weight is 505 g/mol. The number of nitriles is 1. The number of hydrogen-bond donors (Lipinski definition) is 2. The summed E-state index contributed by atoms with van der Waals surface area (Å²) in [6.07, 6.45) is 0. The molecule has 2 aromatic carbocycles. The number of rotatable bonds is 6. The first-order valence-electron chi connectivity index (χ1n) is 10.7. The lowest BCUT2D eigenvalue weighted by Crippen LogP contribution is -2.31. The van der Waals surface area contributed by atoms with E-state index in [1.807, 2.05) is 35.7 Å². The van der Waals surface area contributed by atoms with Gasteiger partial charge in [0.05, 0.1) is 16.9 Å². The van der Waals surface area contributed by atoms with Gasteiger partial charge in [0.25, 0.3) is 5.91 Å². The van der Waals surface area contributed by atoms with Crippen LogP contribution in [0.1, 0.15) is 17.7 Å². The Morgan fingerprint density at radius 2 is 1.86 bits per heavy atom. The fraction of sp³-hybridized carbons (Fsp3) is 0.154. The molecule has 1 aliphatic heterocycles. The number of carbonyl (C=O) groups is 2. The van der Waals surface area contributed by atoms with E-state index in [9.17, 15) is 19.2 Å². The van der Waals surface area contributed by atoms with Crippen LogP contribution in [0, 0.1) is 23.1 Å². The van der Waals surface area contributed by atoms with Crippen molar-refractivity contribution in [1.82, 2.24) is 0 Å². The molecule has 6 nitrogen and oxygen atoms in total. The average Bonchev–Trinajstić information content (AvgIpc) is 3.37. The molecule has 3 aromatic rings. The third-order valence-corrected chi connectivity index (χ3v) is 7.31. The van der Waals surface area contributed by atoms with Crippen molar-refractivity contribution < 1.29 is 14.0 Å². The van der Waals surface area contributed by atoms with E-state index < -0.39 is 17.7 Å². The zero-order valence-corrected chi connectivity index (χ0v) is 20.3. The van der Waals surface area contributed by atoms with Crippen LogP contribution in [0.3, 0.4) is 0 Å². The summed E-state index contributed by atoms with van der Waals surface area (Å²) in [5, 5.41) is 18.0. The van der Waals surface area contributed by atoms with E-state index in [0.29, 0.717) is 27.7 Å². The lowest BCUT2D eigenvalue weighted by Gasteiger charge is -2.29. The quantitative estimate of drug-likeness (QED) is 0.443. The summed E-state index contributed by atoms with van der Waals surface area (Å²) in [6.45, 7) is 1.74. The van der Waals surface area contributed by atoms with Gasteiger partial charge in [-0.15, -0.1) is 11.3 Å². The topological polar surface area (TPSA) is 94.4 Å². The summed E-state index contributed by atoms with van der Waals surface area (Å²) in [5.74, 6) is -2.37. The van der Waals surface area contributed by atoms with Crippen LogP contribution in [0.2, 0.25) is 0 Å². The van der Waals surface area contributed by atoms with Crippen molar-refractivity contribution in [1.29, 1.82) is 5.26 Å². The van der Waals surface area contributed by atoms with Crippen molar-refractivity contribution in [2.45, 2.75) is 12.8 Å². The second-order valence-electron chi connectivity index (χ2n) is 7.72. The number of anilines is 2. The number of para-hydroxylation sites is 1. The minimum atomic E-state index is -0.735. The van der Waals surface area contributed by atoms with Crippen LogP contribution in [0.15, 0.2) is 88.4 Å². The third-order valence-electron chi connectivity index (χ3n) is 5.30. The molecule has 35 heavy (non-hydrogen) atoms. The van der Waals surface area contributed by atoms with E-state index in [1.54, 1.807) is 25.1 Å². The van der Waals surface area contributed by atoms with Gasteiger partial charge in [-0.3, -0.25) is 9.59 Å². The summed E-state index contributed by atoms with van der Waals surface area (Å²) in [6, 6.07) is 20.8. The molecule has 2 N–H and O–H groups in total. The number of halogens is 1. The fourth-order valence-corrected chi connectivity index (χ4v) is 5.58. The molecular weight excluding hydrogens is 483 g/mol. The van der Waals surface area contributed by atoms with Crippen molar-refractivity contribution in [3.63, 3.8) is 0 Å². The van der Waals surface area contributed by atoms with Gasteiger partial charge in [0.1, 0.15) is 11.7 Å². The molecule has 2 unspecified atom stereocenters. The Balaban J connectivity index is 1.59. The smallest absolute Gasteiger partial charge is 0.254 e. The highest BCUT2D eigenvalue weighted by Crippen LogP contribution is 2.43. The first-order valence-corrected chi connectivity index (χ1v) is 12.6. The maximum atomic E-state index is 13.4. The number of aliphatic imine (C=N–C) groups is 1. The lowest BCUT2D eigenvalue weighted by atomic mass is 9.82. The van der Waals surface area contributed by atoms with Gasteiger partial charge in [-0.2, -0.15) is 5.26 Å². The number of allylic oxidation sites excluding steroid dienone is 1. The van der Waals surface area contributed by atoms with Gasteiger partial charge in [-0.1, -0.05) is 42.1 Å². The molecule has 2 heterocycles. The number of carbonyl (C=O) groups excluding carboxylic acids is 2. The number of nitrogens with zero attached hydrogens (tertiary/aromatic N) is 2. The molecule has 2 atom stereocenters. The minimum absolute atomic E-state index is 0.0104. The Morgan fingerprint density at radius 1 is 1.09 bits per heavy atom. The first kappa shape index (κ1) is 24.4. The van der Waals surface area contributed by atoms with Crippen LogP contribution in [0.5, 0.6) is 0 Å². The summed E-state index contributed by atoms with van der Waals surface area (Å²) in [4.78, 5) is 31.2. The second kappa shape index (κ2) is 11.1. The van der Waals surface area contributed by atoms with Crippen LogP contribution in [-0.4, -0.2) is 22.6 Å². The fourth-order valence-electron chi connectivity index (χ4n) is 3.78. The molecule has 0 saturated carbocycles. The predicted octanol–water partition coefficient (Wildman–Crippen LogP) is 5.81. The molecule has 0 radical (unpaired) electrons. The van der Waals surface area contributed by atoms with Crippen LogP contribution in [0.25, 0.3) is 0 Å². The molecule has 2 amide bonds. The Labute approximate surface area is 210 Å². The van der Waals surface area contributed by atoms with Gasteiger partial charge in [0.15, 0.2) is 0 Å². The maximum absolute atomic E-state index is 13.4. The first-order chi connectivity index (χ1) is 17.0. The van der Waals surface area contributed by atoms with Crippen molar-refractivity contribution in [3.8, 4) is 6.07 Å². The molecule has 0 bridgehead atoms. The van der Waals surface area contributed by atoms with Gasteiger partial charge in [0.2, 0.25) is 5.91 Å². The molecule has 4 rings (SSSR count). The standard InChI is InChI=1S/C26H21FN4O2S2/c1-16-23(25(33)31-18-8-3-2-4-9-18)24(21-11-6-12-34-21)20(14-28)26(29-16)35-15-22(32)30-19-10-5-7-17(27)13-19/h2-13,20,24H,15H2,1H3,(H,30,32)(H,31,33). The number of nitrogens with one attached hydrogen (secondary N) is 2. The maximum Gasteiger partial charge on any atom is 0.254 e. The monoisotopic (exact) mass is 504 g/mol. The number of thiophene rings is 1. The highest BCUT2D eigenvalue weighted by Gasteiger charge is 2.39. The molecular formula is C26H21FN4O2S2. The van der Waals surface area contributed by atoms with Crippen molar-refractivity contribution in [2.24, 2.45) is 10.9 Å². The molecule has 176 valence electrons. The highest BCUT2D eigenvalue weighted by molar-refractivity contribution is 8.14. The molecule has 0 fully saturated rings. The summed E-state index contributed by atoms with van der Waals surface area (Å²) in [7, 11) is 0. The molecule has 1 aromatic heterocycles. The minimum Gasteiger partial charge on any atom is -0.325 e. The van der Waals surface area contributed by atoms with Crippen LogP contribution in [-0.2, 0) is 9.59 Å². The van der Waals surface area contributed by atoms with Crippen LogP contribution >= 0.6 is 23.1 Å². The number of benzene rings is 2. The summed E-state index contributed by atoms with van der Waals surface area (Å²) < 4.78 is 13.4. The Hall–Kier alpha value is -3.74. The van der Waals surface area contributed by atoms with Crippen LogP contribution in [0.4, 0.5) is 15.8 Å². The Morgan fingerprint density at radius 3 is 2.54 bits per heavy atom. The zero-order chi connectivity index (χ0) is 24.8. The molecule has 1 aliphatic rings. The van der Waals surface area contributed by atoms with Crippen molar-refractivity contribution in [3.05, 3.63) is 94.1 Å². The second-order valence-corrected chi connectivity index (χ2v) is 9.69. The summed E-state index contributed by atoms with van der Waals surface area (Å²) in [5.41, 5.74) is 1.92. The van der Waals surface area contributed by atoms with E-state index >= 15 is 0 Å². The van der Waals surface area contributed by atoms with Gasteiger partial charge in [-0.05, 0) is 48.7 Å². The number of amides is 2. The largest absolute Gasteiger partial charge is 0.325 e. The van der Waals surface area contributed by atoms with E-state index in [0.717, 1.165) is 16.6 Å². The molecule has 0 aliphatic carbocycles. The van der Waals surface area contributed by atoms with E-state index in [1.165, 1.54) is 29.5 Å². The van der Waals surface area contributed by atoms with Gasteiger partial charge < -0.3 is 10.6 Å². The third kappa shape index (κ3) is 5.85. The molecule has 0 spiro atoms. The Kier molecular flexibility index (Phi) is 7.75. The zero-order valence-electron chi connectivity index (χ0n) is 18.7. The van der Waals surface area contributed by atoms with E-state index in [2.05, 4.69) is 21.7 Å². The molecule has 0 saturated heterocycles. The van der Waals surface area contributed by atoms with Crippen molar-refractivity contribution >= 4 is 51.3 Å². The van der Waals surface area contributed by atoms with Crippen molar-refractivity contribution in [2.75, 3.05) is 16.4 Å². The van der Waals surface area contributed by atoms with Gasteiger partial charge >= 0.3 is 0 Å². The number of thioether (sulfide) groups is 1. The highest BCUT2D eigenvalue weighted by atomic mass is 32.2. The normalized spacial score (nSPS) is 17.3. The SMILES string of the molecule is CC1=C(C(=O)Nc2ccccc2)C(c2cccs2)C(C#N)C(SCC(=O)Nc2cccc(F)c2)=N1. The van der Waals surface area contributed by atoms with E-state index in [4.69, 9.17) is 0 Å². The van der Waals surface area contributed by atoms with E-state index in [-0.39, 0.29) is 17.6 Å². The number of hydrogen-bond acceptors (Lipinski definition) is 6. The molecule has 9 heteroatoms. The lowest BCUT2D eigenvalue weighted by molar-refractivity contribution is -0.114. The van der Waals surface area contributed by atoms with Gasteiger partial charge in [-0.25, -0.2) is 9.38 Å². The van der Waals surface area contributed by atoms with Gasteiger partial charge in [0, 0.05) is 33.4 Å². The predicted molar refractivity (Wildman–Crippen MR) is 139 cm³/mol. The van der Waals surface area contributed by atoms with Crippen LogP contribution < -0.4 is 10.6 Å².